The molecule has 1 saturated carbocycles. The number of aliphatic hydroxyl groups is 1. The monoisotopic (exact) mass is 180 g/mol. The van der Waals surface area contributed by atoms with Crippen molar-refractivity contribution in [2.24, 2.45) is 13.0 Å². The van der Waals surface area contributed by atoms with Crippen LogP contribution in [0.1, 0.15) is 32.0 Å². The summed E-state index contributed by atoms with van der Waals surface area (Å²) in [7, 11) is 1.93. The van der Waals surface area contributed by atoms with Gasteiger partial charge in [0.05, 0.1) is 0 Å². The maximum absolute atomic E-state index is 10.3. The van der Waals surface area contributed by atoms with Crippen LogP contribution in [0.4, 0.5) is 0 Å². The molecule has 1 aliphatic carbocycles. The van der Waals surface area contributed by atoms with E-state index in [1.165, 1.54) is 0 Å². The van der Waals surface area contributed by atoms with Crippen molar-refractivity contribution in [3.63, 3.8) is 0 Å². The molecule has 13 heavy (non-hydrogen) atoms. The van der Waals surface area contributed by atoms with E-state index in [0.717, 1.165) is 25.1 Å². The zero-order chi connectivity index (χ0) is 9.47. The number of aryl methyl sites for hydroxylation is 1. The van der Waals surface area contributed by atoms with Crippen molar-refractivity contribution in [2.75, 3.05) is 0 Å². The molecule has 1 aliphatic rings. The minimum Gasteiger partial charge on any atom is -0.382 e. The van der Waals surface area contributed by atoms with E-state index in [1.54, 1.807) is 6.20 Å². The Balaban J connectivity index is 2.30. The van der Waals surface area contributed by atoms with E-state index in [1.807, 2.05) is 17.8 Å². The fraction of sp³-hybridized carbons (Fsp3) is 0.700. The molecule has 3 heteroatoms. The molecular formula is C10H16N2O. The molecule has 0 saturated heterocycles. The molecule has 2 unspecified atom stereocenters. The molecule has 0 spiro atoms. The number of hydrogen-bond donors (Lipinski definition) is 1. The Hall–Kier alpha value is -0.830. The van der Waals surface area contributed by atoms with Gasteiger partial charge in [-0.2, -0.15) is 0 Å². The summed E-state index contributed by atoms with van der Waals surface area (Å²) in [6.45, 7) is 2.18. The van der Waals surface area contributed by atoms with Gasteiger partial charge in [0.25, 0.3) is 0 Å². The molecule has 2 atom stereocenters. The van der Waals surface area contributed by atoms with Crippen LogP contribution in [-0.2, 0) is 12.6 Å². The van der Waals surface area contributed by atoms with Crippen LogP contribution < -0.4 is 0 Å². The zero-order valence-electron chi connectivity index (χ0n) is 8.20. The van der Waals surface area contributed by atoms with E-state index in [2.05, 4.69) is 11.9 Å². The van der Waals surface area contributed by atoms with Gasteiger partial charge in [0.2, 0.25) is 0 Å². The van der Waals surface area contributed by atoms with Crippen LogP contribution in [0.25, 0.3) is 0 Å². The van der Waals surface area contributed by atoms with Crippen LogP contribution in [-0.4, -0.2) is 14.7 Å². The summed E-state index contributed by atoms with van der Waals surface area (Å²) in [5, 5.41) is 10.3. The van der Waals surface area contributed by atoms with Gasteiger partial charge in [0, 0.05) is 19.4 Å². The zero-order valence-corrected chi connectivity index (χ0v) is 8.20. The molecule has 1 aromatic rings. The Morgan fingerprint density at radius 2 is 2.46 bits per heavy atom. The lowest BCUT2D eigenvalue weighted by molar-refractivity contribution is 0.0289. The third-order valence-corrected chi connectivity index (χ3v) is 2.97. The fourth-order valence-electron chi connectivity index (χ4n) is 2.28. The first kappa shape index (κ1) is 8.75. The number of aromatic nitrogens is 2. The average Bonchev–Trinajstić information content (AvgIpc) is 2.59. The Labute approximate surface area is 78.4 Å². The van der Waals surface area contributed by atoms with Gasteiger partial charge in [-0.3, -0.25) is 0 Å². The normalized spacial score (nSPS) is 33.9. The van der Waals surface area contributed by atoms with E-state index < -0.39 is 5.60 Å². The first-order chi connectivity index (χ1) is 6.12. The average molecular weight is 180 g/mol. The largest absolute Gasteiger partial charge is 0.382 e. The lowest BCUT2D eigenvalue weighted by Gasteiger charge is -2.21. The molecular weight excluding hydrogens is 164 g/mol. The Kier molecular flexibility index (Phi) is 1.91. The third kappa shape index (κ3) is 1.37. The molecule has 3 nitrogen and oxygen atoms in total. The van der Waals surface area contributed by atoms with Gasteiger partial charge < -0.3 is 9.67 Å². The van der Waals surface area contributed by atoms with Gasteiger partial charge in [-0.25, -0.2) is 4.98 Å². The van der Waals surface area contributed by atoms with E-state index in [0.29, 0.717) is 5.92 Å². The third-order valence-electron chi connectivity index (χ3n) is 2.97. The molecule has 1 aromatic heterocycles. The SMILES string of the molecule is CC1CCC(O)(c2nccn2C)C1. The second-order valence-corrected chi connectivity index (χ2v) is 4.24. The molecule has 1 fully saturated rings. The fourth-order valence-corrected chi connectivity index (χ4v) is 2.28. The second kappa shape index (κ2) is 2.84. The van der Waals surface area contributed by atoms with Crippen molar-refractivity contribution in [1.29, 1.82) is 0 Å². The maximum Gasteiger partial charge on any atom is 0.140 e. The predicted molar refractivity (Wildman–Crippen MR) is 50.1 cm³/mol. The minimum atomic E-state index is -0.669. The topological polar surface area (TPSA) is 38.1 Å². The summed E-state index contributed by atoms with van der Waals surface area (Å²) in [5.41, 5.74) is -0.669. The molecule has 0 amide bonds. The summed E-state index contributed by atoms with van der Waals surface area (Å²) < 4.78 is 1.91. The molecule has 2 rings (SSSR count). The highest BCUT2D eigenvalue weighted by molar-refractivity contribution is 5.07. The van der Waals surface area contributed by atoms with Crippen molar-refractivity contribution >= 4 is 0 Å². The van der Waals surface area contributed by atoms with E-state index in [9.17, 15) is 5.11 Å². The minimum absolute atomic E-state index is 0.613. The molecule has 1 N–H and O–H groups in total. The van der Waals surface area contributed by atoms with E-state index in [-0.39, 0.29) is 0 Å². The van der Waals surface area contributed by atoms with Gasteiger partial charge in [-0.15, -0.1) is 0 Å². The Morgan fingerprint density at radius 3 is 2.92 bits per heavy atom. The smallest absolute Gasteiger partial charge is 0.140 e. The molecule has 0 bridgehead atoms. The van der Waals surface area contributed by atoms with Gasteiger partial charge in [0.1, 0.15) is 11.4 Å². The van der Waals surface area contributed by atoms with E-state index in [4.69, 9.17) is 0 Å². The van der Waals surface area contributed by atoms with Crippen molar-refractivity contribution in [3.05, 3.63) is 18.2 Å². The molecule has 0 aromatic carbocycles. The van der Waals surface area contributed by atoms with Crippen LogP contribution in [0.2, 0.25) is 0 Å². The lowest BCUT2D eigenvalue weighted by atomic mass is 10.00. The second-order valence-electron chi connectivity index (χ2n) is 4.24. The number of imidazole rings is 1. The van der Waals surface area contributed by atoms with Gasteiger partial charge in [0.15, 0.2) is 0 Å². The summed E-state index contributed by atoms with van der Waals surface area (Å²) in [6, 6.07) is 0. The number of hydrogen-bond acceptors (Lipinski definition) is 2. The number of rotatable bonds is 1. The van der Waals surface area contributed by atoms with Crippen LogP contribution in [0.3, 0.4) is 0 Å². The summed E-state index contributed by atoms with van der Waals surface area (Å²) in [4.78, 5) is 4.22. The van der Waals surface area contributed by atoms with Gasteiger partial charge >= 0.3 is 0 Å². The van der Waals surface area contributed by atoms with Crippen LogP contribution in [0.5, 0.6) is 0 Å². The first-order valence-corrected chi connectivity index (χ1v) is 4.82. The van der Waals surface area contributed by atoms with Crippen molar-refractivity contribution in [2.45, 2.75) is 31.8 Å². The van der Waals surface area contributed by atoms with Crippen molar-refractivity contribution < 1.29 is 5.11 Å². The maximum atomic E-state index is 10.3. The van der Waals surface area contributed by atoms with Gasteiger partial charge in [-0.05, 0) is 25.2 Å². The molecule has 1 heterocycles. The summed E-state index contributed by atoms with van der Waals surface area (Å²) >= 11 is 0. The highest BCUT2D eigenvalue weighted by atomic mass is 16.3. The van der Waals surface area contributed by atoms with Crippen molar-refractivity contribution in [1.82, 2.24) is 9.55 Å². The Morgan fingerprint density at radius 1 is 1.69 bits per heavy atom. The Bertz CT molecular complexity index is 308. The molecule has 72 valence electrons. The standard InChI is InChI=1S/C10H16N2O/c1-8-3-4-10(13,7-8)9-11-5-6-12(9)2/h5-6,8,13H,3-4,7H2,1-2H3. The quantitative estimate of drug-likeness (QED) is 0.710. The summed E-state index contributed by atoms with van der Waals surface area (Å²) in [6.07, 6.45) is 6.42. The van der Waals surface area contributed by atoms with Crippen molar-refractivity contribution in [3.8, 4) is 0 Å². The van der Waals surface area contributed by atoms with Crippen LogP contribution in [0.15, 0.2) is 12.4 Å². The highest BCUT2D eigenvalue weighted by Crippen LogP contribution is 2.40. The molecule has 0 aliphatic heterocycles. The highest BCUT2D eigenvalue weighted by Gasteiger charge is 2.39. The predicted octanol–water partition coefficient (Wildman–Crippen LogP) is 1.43. The van der Waals surface area contributed by atoms with Crippen LogP contribution >= 0.6 is 0 Å². The number of nitrogens with zero attached hydrogens (tertiary/aromatic N) is 2. The van der Waals surface area contributed by atoms with Gasteiger partial charge in [-0.1, -0.05) is 6.92 Å². The lowest BCUT2D eigenvalue weighted by Crippen LogP contribution is -2.25. The van der Waals surface area contributed by atoms with E-state index >= 15 is 0 Å². The summed E-state index contributed by atoms with van der Waals surface area (Å²) in [5.74, 6) is 1.43. The first-order valence-electron chi connectivity index (χ1n) is 4.82. The van der Waals surface area contributed by atoms with Crippen LogP contribution in [0, 0.1) is 5.92 Å². The molecule has 0 radical (unpaired) electrons.